The van der Waals surface area contributed by atoms with Crippen molar-refractivity contribution in [2.75, 3.05) is 4.90 Å². The third-order valence-corrected chi connectivity index (χ3v) is 7.10. The quantitative estimate of drug-likeness (QED) is 0.534. The maximum atomic E-state index is 13.7. The first-order valence-corrected chi connectivity index (χ1v) is 11.0. The Labute approximate surface area is 186 Å². The Morgan fingerprint density at radius 2 is 1.77 bits per heavy atom. The number of benzene rings is 2. The fourth-order valence-corrected chi connectivity index (χ4v) is 5.44. The van der Waals surface area contributed by atoms with Gasteiger partial charge in [0.15, 0.2) is 5.78 Å². The SMILES string of the molecule is CC[C@H](C)N1C(=O)[C@@H]2[C@H](C1=O)[C@@H](C(=O)c1ccccc1)N1c3ccc(Cl)cc3C=C[C@H]21. The summed E-state index contributed by atoms with van der Waals surface area (Å²) < 4.78 is 0. The highest BCUT2D eigenvalue weighted by atomic mass is 35.5. The molecular weight excluding hydrogens is 412 g/mol. The van der Waals surface area contributed by atoms with E-state index in [1.807, 2.05) is 61.2 Å². The van der Waals surface area contributed by atoms with Gasteiger partial charge >= 0.3 is 0 Å². The summed E-state index contributed by atoms with van der Waals surface area (Å²) in [4.78, 5) is 44.1. The van der Waals surface area contributed by atoms with Crippen LogP contribution in [0.5, 0.6) is 0 Å². The van der Waals surface area contributed by atoms with Crippen molar-refractivity contribution in [2.24, 2.45) is 11.8 Å². The second kappa shape index (κ2) is 7.34. The Balaban J connectivity index is 1.66. The molecule has 0 radical (unpaired) electrons. The van der Waals surface area contributed by atoms with Gasteiger partial charge in [0.25, 0.3) is 0 Å². The first kappa shape index (κ1) is 20.0. The Morgan fingerprint density at radius 1 is 1.06 bits per heavy atom. The number of fused-ring (bicyclic) bond motifs is 5. The zero-order valence-electron chi connectivity index (χ0n) is 17.4. The van der Waals surface area contributed by atoms with Crippen molar-refractivity contribution in [2.45, 2.75) is 38.4 Å². The lowest BCUT2D eigenvalue weighted by molar-refractivity contribution is -0.142. The molecule has 31 heavy (non-hydrogen) atoms. The number of likely N-dealkylation sites (tertiary alicyclic amines) is 1. The molecule has 0 spiro atoms. The fraction of sp³-hybridized carbons (Fsp3) is 0.320. The van der Waals surface area contributed by atoms with Crippen LogP contribution in [0.25, 0.3) is 6.08 Å². The number of ketones is 1. The van der Waals surface area contributed by atoms with Crippen molar-refractivity contribution in [3.05, 3.63) is 70.8 Å². The average Bonchev–Trinajstić information content (AvgIpc) is 3.26. The molecule has 3 aliphatic heterocycles. The van der Waals surface area contributed by atoms with Crippen LogP contribution in [-0.4, -0.2) is 40.6 Å². The van der Waals surface area contributed by atoms with Crippen LogP contribution >= 0.6 is 11.6 Å². The summed E-state index contributed by atoms with van der Waals surface area (Å²) >= 11 is 6.19. The highest BCUT2D eigenvalue weighted by Gasteiger charge is 2.64. The van der Waals surface area contributed by atoms with Crippen molar-refractivity contribution >= 4 is 41.0 Å². The monoisotopic (exact) mass is 434 g/mol. The summed E-state index contributed by atoms with van der Waals surface area (Å²) in [5.41, 5.74) is 2.25. The van der Waals surface area contributed by atoms with Gasteiger partial charge in [0.05, 0.1) is 17.9 Å². The van der Waals surface area contributed by atoms with Crippen LogP contribution in [0.2, 0.25) is 5.02 Å². The van der Waals surface area contributed by atoms with Crippen molar-refractivity contribution in [3.8, 4) is 0 Å². The van der Waals surface area contributed by atoms with Gasteiger partial charge in [0.2, 0.25) is 11.8 Å². The Bertz CT molecular complexity index is 1110. The average molecular weight is 435 g/mol. The van der Waals surface area contributed by atoms with Gasteiger partial charge in [-0.1, -0.05) is 61.0 Å². The molecule has 5 nitrogen and oxygen atoms in total. The Kier molecular flexibility index (Phi) is 4.74. The molecule has 2 amide bonds. The minimum Gasteiger partial charge on any atom is -0.352 e. The van der Waals surface area contributed by atoms with E-state index in [1.54, 1.807) is 18.2 Å². The second-order valence-electron chi connectivity index (χ2n) is 8.49. The third-order valence-electron chi connectivity index (χ3n) is 6.86. The van der Waals surface area contributed by atoms with E-state index in [9.17, 15) is 14.4 Å². The third kappa shape index (κ3) is 2.87. The van der Waals surface area contributed by atoms with E-state index in [0.717, 1.165) is 11.3 Å². The smallest absolute Gasteiger partial charge is 0.236 e. The van der Waals surface area contributed by atoms with Crippen LogP contribution in [-0.2, 0) is 9.59 Å². The summed E-state index contributed by atoms with van der Waals surface area (Å²) in [5.74, 6) is -1.83. The van der Waals surface area contributed by atoms with E-state index in [-0.39, 0.29) is 29.7 Å². The van der Waals surface area contributed by atoms with E-state index in [0.29, 0.717) is 17.0 Å². The first-order valence-electron chi connectivity index (χ1n) is 10.7. The molecule has 0 bridgehead atoms. The van der Waals surface area contributed by atoms with Crippen LogP contribution in [0.15, 0.2) is 54.6 Å². The van der Waals surface area contributed by atoms with Gasteiger partial charge in [-0.2, -0.15) is 0 Å². The number of rotatable bonds is 4. The number of carbonyl (C=O) groups is 3. The minimum absolute atomic E-state index is 0.138. The number of hydrogen-bond acceptors (Lipinski definition) is 4. The van der Waals surface area contributed by atoms with E-state index in [2.05, 4.69) is 0 Å². The van der Waals surface area contributed by atoms with E-state index in [1.165, 1.54) is 4.90 Å². The zero-order chi connectivity index (χ0) is 21.9. The molecule has 2 saturated heterocycles. The minimum atomic E-state index is -0.743. The van der Waals surface area contributed by atoms with Crippen LogP contribution in [0.1, 0.15) is 36.2 Å². The predicted molar refractivity (Wildman–Crippen MR) is 120 cm³/mol. The van der Waals surface area contributed by atoms with Crippen molar-refractivity contribution in [1.82, 2.24) is 4.90 Å². The molecule has 2 aromatic carbocycles. The number of halogens is 1. The standard InChI is InChI=1S/C25H23ClN2O3/c1-3-14(2)27-24(30)20-19-11-9-16-13-17(26)10-12-18(16)28(19)22(21(20)25(27)31)23(29)15-7-5-4-6-8-15/h4-14,19-22H,3H2,1-2H3/t14-,19+,20-,21-,22-/m0/s1. The van der Waals surface area contributed by atoms with Crippen molar-refractivity contribution in [1.29, 1.82) is 0 Å². The van der Waals surface area contributed by atoms with Crippen LogP contribution < -0.4 is 4.90 Å². The summed E-state index contributed by atoms with van der Waals surface area (Å²) in [6.07, 6.45) is 4.57. The van der Waals surface area contributed by atoms with Gasteiger partial charge in [0, 0.05) is 22.3 Å². The van der Waals surface area contributed by atoms with Crippen LogP contribution in [0.4, 0.5) is 5.69 Å². The maximum Gasteiger partial charge on any atom is 0.236 e. The molecule has 0 aromatic heterocycles. The van der Waals surface area contributed by atoms with Crippen LogP contribution in [0, 0.1) is 11.8 Å². The molecule has 0 saturated carbocycles. The molecule has 0 unspecified atom stereocenters. The summed E-state index contributed by atoms with van der Waals surface area (Å²) in [5, 5.41) is 0.599. The maximum absolute atomic E-state index is 13.7. The van der Waals surface area contributed by atoms with E-state index < -0.39 is 17.9 Å². The molecule has 2 aromatic rings. The molecule has 158 valence electrons. The van der Waals surface area contributed by atoms with Crippen molar-refractivity contribution < 1.29 is 14.4 Å². The van der Waals surface area contributed by atoms with Crippen molar-refractivity contribution in [3.63, 3.8) is 0 Å². The van der Waals surface area contributed by atoms with Gasteiger partial charge in [0.1, 0.15) is 6.04 Å². The van der Waals surface area contributed by atoms with Gasteiger partial charge in [-0.05, 0) is 37.1 Å². The molecule has 6 heteroatoms. The largest absolute Gasteiger partial charge is 0.352 e. The van der Waals surface area contributed by atoms with Crippen LogP contribution in [0.3, 0.4) is 0 Å². The number of carbonyl (C=O) groups excluding carboxylic acids is 3. The summed E-state index contributed by atoms with van der Waals surface area (Å²) in [6.45, 7) is 3.84. The summed E-state index contributed by atoms with van der Waals surface area (Å²) in [7, 11) is 0. The predicted octanol–water partition coefficient (Wildman–Crippen LogP) is 4.21. The number of nitrogens with zero attached hydrogens (tertiary/aromatic N) is 2. The summed E-state index contributed by atoms with van der Waals surface area (Å²) in [6, 6.07) is 13.2. The lowest BCUT2D eigenvalue weighted by atomic mass is 9.86. The molecule has 0 aliphatic carbocycles. The normalized spacial score (nSPS) is 27.2. The van der Waals surface area contributed by atoms with Gasteiger partial charge in [-0.3, -0.25) is 19.3 Å². The van der Waals surface area contributed by atoms with Gasteiger partial charge in [-0.25, -0.2) is 0 Å². The second-order valence-corrected chi connectivity index (χ2v) is 8.93. The lowest BCUT2D eigenvalue weighted by Gasteiger charge is -2.37. The van der Waals surface area contributed by atoms with E-state index in [4.69, 9.17) is 11.6 Å². The number of Topliss-reactive ketones (excluding diaryl/α,β-unsaturated/α-hetero) is 1. The lowest BCUT2D eigenvalue weighted by Crippen LogP contribution is -2.50. The highest BCUT2D eigenvalue weighted by molar-refractivity contribution is 6.30. The molecular formula is C25H23ClN2O3. The number of hydrogen-bond donors (Lipinski definition) is 0. The number of anilines is 1. The number of imide groups is 1. The van der Waals surface area contributed by atoms with Gasteiger partial charge in [-0.15, -0.1) is 0 Å². The molecule has 5 rings (SSSR count). The molecule has 3 heterocycles. The topological polar surface area (TPSA) is 57.7 Å². The molecule has 3 aliphatic rings. The molecule has 2 fully saturated rings. The molecule has 0 N–H and O–H groups in total. The Morgan fingerprint density at radius 3 is 2.48 bits per heavy atom. The first-order chi connectivity index (χ1) is 14.9. The molecule has 5 atom stereocenters. The highest BCUT2D eigenvalue weighted by Crippen LogP contribution is 2.49. The van der Waals surface area contributed by atoms with E-state index >= 15 is 0 Å². The van der Waals surface area contributed by atoms with Gasteiger partial charge < -0.3 is 4.90 Å². The Hall–Kier alpha value is -2.92. The number of amides is 2. The zero-order valence-corrected chi connectivity index (χ0v) is 18.1. The fourth-order valence-electron chi connectivity index (χ4n) is 5.26.